The molecule has 1 amide bonds. The second kappa shape index (κ2) is 4.87. The number of aromatic nitrogens is 2. The molecule has 0 saturated heterocycles. The van der Waals surface area contributed by atoms with Gasteiger partial charge in [-0.05, 0) is 36.1 Å². The number of aromatic amines is 1. The summed E-state index contributed by atoms with van der Waals surface area (Å²) in [4.78, 5) is 19.7. The van der Waals surface area contributed by atoms with Crippen molar-refractivity contribution in [2.75, 3.05) is 5.32 Å². The van der Waals surface area contributed by atoms with Gasteiger partial charge in [-0.1, -0.05) is 30.3 Å². The molecule has 0 spiro atoms. The molecule has 4 rings (SSSR count). The maximum Gasteiger partial charge on any atom is 0.230 e. The zero-order chi connectivity index (χ0) is 15.1. The highest BCUT2D eigenvalue weighted by Gasteiger charge is 2.45. The fourth-order valence-corrected chi connectivity index (χ4v) is 2.85. The molecule has 3 N–H and O–H groups in total. The summed E-state index contributed by atoms with van der Waals surface area (Å²) in [6, 6.07) is 14.8. The highest BCUT2D eigenvalue weighted by Crippen LogP contribution is 2.50. The molecule has 5 nitrogen and oxygen atoms in total. The van der Waals surface area contributed by atoms with Gasteiger partial charge in [-0.15, -0.1) is 0 Å². The minimum Gasteiger partial charge on any atom is -0.508 e. The van der Waals surface area contributed by atoms with Crippen LogP contribution in [0.25, 0.3) is 11.0 Å². The summed E-state index contributed by atoms with van der Waals surface area (Å²) in [6.45, 7) is 0. The normalized spacial score (nSPS) is 20.0. The number of anilines is 1. The van der Waals surface area contributed by atoms with Crippen molar-refractivity contribution >= 4 is 22.9 Å². The molecule has 2 atom stereocenters. The second-order valence-corrected chi connectivity index (χ2v) is 5.60. The molecule has 1 fully saturated rings. The molecular weight excluding hydrogens is 278 g/mol. The largest absolute Gasteiger partial charge is 0.508 e. The van der Waals surface area contributed by atoms with E-state index in [9.17, 15) is 9.90 Å². The zero-order valence-electron chi connectivity index (χ0n) is 11.8. The maximum absolute atomic E-state index is 12.3. The monoisotopic (exact) mass is 293 g/mol. The number of para-hydroxylation sites is 3. The van der Waals surface area contributed by atoms with E-state index in [-0.39, 0.29) is 23.5 Å². The van der Waals surface area contributed by atoms with E-state index in [0.717, 1.165) is 23.0 Å². The number of rotatable bonds is 3. The molecule has 1 aromatic heterocycles. The Labute approximate surface area is 127 Å². The Morgan fingerprint density at radius 2 is 1.95 bits per heavy atom. The second-order valence-electron chi connectivity index (χ2n) is 5.60. The molecule has 0 bridgehead atoms. The van der Waals surface area contributed by atoms with Crippen LogP contribution < -0.4 is 5.32 Å². The number of benzene rings is 2. The number of carbonyl (C=O) groups excluding carboxylic acids is 1. The first kappa shape index (κ1) is 12.9. The minimum atomic E-state index is -0.110. The van der Waals surface area contributed by atoms with Crippen molar-refractivity contribution in [2.24, 2.45) is 5.92 Å². The Bertz CT molecular complexity index is 823. The lowest BCUT2D eigenvalue weighted by molar-refractivity contribution is -0.117. The number of imidazole rings is 1. The van der Waals surface area contributed by atoms with E-state index >= 15 is 0 Å². The van der Waals surface area contributed by atoms with Crippen molar-refractivity contribution in [3.63, 3.8) is 0 Å². The van der Waals surface area contributed by atoms with Crippen LogP contribution in [-0.4, -0.2) is 21.0 Å². The summed E-state index contributed by atoms with van der Waals surface area (Å²) in [5.74, 6) is 0.639. The molecule has 110 valence electrons. The van der Waals surface area contributed by atoms with Crippen molar-refractivity contribution in [3.05, 3.63) is 54.1 Å². The quantitative estimate of drug-likeness (QED) is 0.694. The first-order chi connectivity index (χ1) is 10.7. The first-order valence-electron chi connectivity index (χ1n) is 7.26. The van der Waals surface area contributed by atoms with Crippen LogP contribution in [0.3, 0.4) is 0 Å². The number of nitrogens with one attached hydrogen (secondary N) is 2. The summed E-state index contributed by atoms with van der Waals surface area (Å²) >= 11 is 0. The van der Waals surface area contributed by atoms with Gasteiger partial charge in [0.25, 0.3) is 0 Å². The van der Waals surface area contributed by atoms with Gasteiger partial charge in [-0.2, -0.15) is 0 Å². The number of hydrogen-bond donors (Lipinski definition) is 3. The number of carbonyl (C=O) groups is 1. The van der Waals surface area contributed by atoms with Crippen molar-refractivity contribution in [3.8, 4) is 5.75 Å². The van der Waals surface area contributed by atoms with E-state index in [1.807, 2.05) is 36.4 Å². The van der Waals surface area contributed by atoms with E-state index in [1.54, 1.807) is 12.1 Å². The average molecular weight is 293 g/mol. The van der Waals surface area contributed by atoms with Crippen molar-refractivity contribution < 1.29 is 9.90 Å². The SMILES string of the molecule is O=C(Nc1nc2ccccc2[nH]1)C1CC1c1ccccc1O. The molecular formula is C17H15N3O2. The lowest BCUT2D eigenvalue weighted by Gasteiger charge is -2.03. The molecule has 2 unspecified atom stereocenters. The van der Waals surface area contributed by atoms with Gasteiger partial charge >= 0.3 is 0 Å². The maximum atomic E-state index is 12.3. The third-order valence-electron chi connectivity index (χ3n) is 4.09. The highest BCUT2D eigenvalue weighted by molar-refractivity contribution is 5.95. The van der Waals surface area contributed by atoms with Gasteiger partial charge < -0.3 is 10.1 Å². The third-order valence-corrected chi connectivity index (χ3v) is 4.09. The molecule has 0 aliphatic heterocycles. The zero-order valence-corrected chi connectivity index (χ0v) is 11.8. The minimum absolute atomic E-state index is 0.0627. The van der Waals surface area contributed by atoms with Gasteiger partial charge in [0.15, 0.2) is 0 Å². The third kappa shape index (κ3) is 2.20. The lowest BCUT2D eigenvalue weighted by Crippen LogP contribution is -2.15. The van der Waals surface area contributed by atoms with E-state index in [1.165, 1.54) is 0 Å². The summed E-state index contributed by atoms with van der Waals surface area (Å²) in [5, 5.41) is 12.7. The van der Waals surface area contributed by atoms with Gasteiger partial charge in [-0.25, -0.2) is 4.98 Å². The van der Waals surface area contributed by atoms with Crippen molar-refractivity contribution in [1.82, 2.24) is 9.97 Å². The fraction of sp³-hybridized carbons (Fsp3) is 0.176. The van der Waals surface area contributed by atoms with Crippen LogP contribution in [0.4, 0.5) is 5.95 Å². The van der Waals surface area contributed by atoms with Crippen LogP contribution in [0.1, 0.15) is 17.9 Å². The van der Waals surface area contributed by atoms with E-state index in [0.29, 0.717) is 5.95 Å². The predicted molar refractivity (Wildman–Crippen MR) is 83.7 cm³/mol. The predicted octanol–water partition coefficient (Wildman–Crippen LogP) is 3.01. The van der Waals surface area contributed by atoms with Crippen LogP contribution >= 0.6 is 0 Å². The Morgan fingerprint density at radius 1 is 1.18 bits per heavy atom. The number of phenolic OH excluding ortho intramolecular Hbond substituents is 1. The van der Waals surface area contributed by atoms with Crippen LogP contribution in [-0.2, 0) is 4.79 Å². The molecule has 1 aliphatic rings. The number of hydrogen-bond acceptors (Lipinski definition) is 3. The number of phenols is 1. The van der Waals surface area contributed by atoms with Gasteiger partial charge in [0.2, 0.25) is 11.9 Å². The summed E-state index contributed by atoms with van der Waals surface area (Å²) < 4.78 is 0. The molecule has 3 aromatic rings. The van der Waals surface area contributed by atoms with E-state index in [4.69, 9.17) is 0 Å². The van der Waals surface area contributed by atoms with Gasteiger partial charge in [0, 0.05) is 5.92 Å². The van der Waals surface area contributed by atoms with Gasteiger partial charge in [0.1, 0.15) is 5.75 Å². The van der Waals surface area contributed by atoms with Crippen LogP contribution in [0, 0.1) is 5.92 Å². The molecule has 0 radical (unpaired) electrons. The molecule has 22 heavy (non-hydrogen) atoms. The summed E-state index contributed by atoms with van der Waals surface area (Å²) in [7, 11) is 0. The topological polar surface area (TPSA) is 78.0 Å². The van der Waals surface area contributed by atoms with Gasteiger partial charge in [-0.3, -0.25) is 10.1 Å². The smallest absolute Gasteiger partial charge is 0.230 e. The average Bonchev–Trinajstić information content (AvgIpc) is 3.20. The van der Waals surface area contributed by atoms with Crippen LogP contribution in [0.5, 0.6) is 5.75 Å². The molecule has 1 heterocycles. The number of amides is 1. The number of nitrogens with zero attached hydrogens (tertiary/aromatic N) is 1. The Morgan fingerprint density at radius 3 is 2.77 bits per heavy atom. The Balaban J connectivity index is 1.48. The standard InChI is InChI=1S/C17H15N3O2/c21-15-8-4-1-5-10(15)11-9-12(11)16(22)20-17-18-13-6-2-3-7-14(13)19-17/h1-8,11-12,21H,9H2,(H2,18,19,20,22). The molecule has 2 aromatic carbocycles. The number of H-pyrrole nitrogens is 1. The van der Waals surface area contributed by atoms with Crippen molar-refractivity contribution in [1.29, 1.82) is 0 Å². The van der Waals surface area contributed by atoms with Crippen molar-refractivity contribution in [2.45, 2.75) is 12.3 Å². The lowest BCUT2D eigenvalue weighted by atomic mass is 10.1. The fourth-order valence-electron chi connectivity index (χ4n) is 2.85. The van der Waals surface area contributed by atoms with E-state index < -0.39 is 0 Å². The summed E-state index contributed by atoms with van der Waals surface area (Å²) in [5.41, 5.74) is 2.56. The van der Waals surface area contributed by atoms with E-state index in [2.05, 4.69) is 15.3 Å². The Hall–Kier alpha value is -2.82. The molecule has 5 heteroatoms. The van der Waals surface area contributed by atoms with Crippen LogP contribution in [0.15, 0.2) is 48.5 Å². The molecule has 1 saturated carbocycles. The highest BCUT2D eigenvalue weighted by atomic mass is 16.3. The number of fused-ring (bicyclic) bond motifs is 1. The van der Waals surface area contributed by atoms with Gasteiger partial charge in [0.05, 0.1) is 11.0 Å². The first-order valence-corrected chi connectivity index (χ1v) is 7.26. The van der Waals surface area contributed by atoms with Crippen LogP contribution in [0.2, 0.25) is 0 Å². The summed E-state index contributed by atoms with van der Waals surface area (Å²) in [6.07, 6.45) is 0.754. The Kier molecular flexibility index (Phi) is 2.85. The molecule has 1 aliphatic carbocycles. The number of aromatic hydroxyl groups is 1.